The van der Waals surface area contributed by atoms with Crippen molar-refractivity contribution in [3.63, 3.8) is 0 Å². The van der Waals surface area contributed by atoms with Gasteiger partial charge < -0.3 is 25.2 Å². The molecule has 3 N–H and O–H groups in total. The molecule has 6 nitrogen and oxygen atoms in total. The van der Waals surface area contributed by atoms with E-state index in [4.69, 9.17) is 9.47 Å². The number of aliphatic imine (C=N–C) groups is 1. The Morgan fingerprint density at radius 3 is 2.76 bits per heavy atom. The van der Waals surface area contributed by atoms with Crippen LogP contribution in [0.1, 0.15) is 38.3 Å². The lowest BCUT2D eigenvalue weighted by molar-refractivity contribution is -0.0566. The molecule has 1 heterocycles. The molecule has 0 aliphatic carbocycles. The summed E-state index contributed by atoms with van der Waals surface area (Å²) < 4.78 is 24.1. The minimum absolute atomic E-state index is 0.150. The van der Waals surface area contributed by atoms with Gasteiger partial charge in [0.2, 0.25) is 0 Å². The van der Waals surface area contributed by atoms with Crippen LogP contribution in [0.25, 0.3) is 0 Å². The largest absolute Gasteiger partial charge is 0.494 e. The van der Waals surface area contributed by atoms with E-state index < -0.39 is 11.4 Å². The Morgan fingerprint density at radius 1 is 1.44 bits per heavy atom. The van der Waals surface area contributed by atoms with E-state index in [1.54, 1.807) is 6.07 Å². The molecule has 1 aliphatic heterocycles. The second kappa shape index (κ2) is 9.01. The average Bonchev–Trinajstić information content (AvgIpc) is 2.60. The van der Waals surface area contributed by atoms with Crippen molar-refractivity contribution in [2.45, 2.75) is 38.3 Å². The van der Waals surface area contributed by atoms with Crippen LogP contribution in [0, 0.1) is 5.82 Å². The summed E-state index contributed by atoms with van der Waals surface area (Å²) in [5, 5.41) is 16.9. The maximum atomic E-state index is 13.9. The maximum Gasteiger partial charge on any atom is 0.191 e. The summed E-state index contributed by atoms with van der Waals surface area (Å²) >= 11 is 0. The summed E-state index contributed by atoms with van der Waals surface area (Å²) in [6.07, 6.45) is 1.16. The molecule has 1 atom stereocenters. The van der Waals surface area contributed by atoms with Crippen molar-refractivity contribution in [3.8, 4) is 5.75 Å². The number of nitrogens with zero attached hydrogens (tertiary/aromatic N) is 1. The van der Waals surface area contributed by atoms with Crippen LogP contribution >= 0.6 is 0 Å². The SMILES string of the molecule is CCNC(=NCC1(O)CCOCC1)NC(C)c1ccc(OC)c(F)c1. The van der Waals surface area contributed by atoms with E-state index >= 15 is 0 Å². The summed E-state index contributed by atoms with van der Waals surface area (Å²) in [7, 11) is 1.44. The first kappa shape index (κ1) is 19.5. The second-order valence-electron chi connectivity index (χ2n) is 6.29. The van der Waals surface area contributed by atoms with E-state index in [9.17, 15) is 9.50 Å². The number of ether oxygens (including phenoxy) is 2. The van der Waals surface area contributed by atoms with Crippen LogP contribution < -0.4 is 15.4 Å². The quantitative estimate of drug-likeness (QED) is 0.539. The van der Waals surface area contributed by atoms with Gasteiger partial charge in [0, 0.05) is 32.6 Å². The Balaban J connectivity index is 2.04. The van der Waals surface area contributed by atoms with Gasteiger partial charge in [-0.15, -0.1) is 0 Å². The first-order valence-corrected chi connectivity index (χ1v) is 8.66. The van der Waals surface area contributed by atoms with Gasteiger partial charge in [-0.3, -0.25) is 4.99 Å². The van der Waals surface area contributed by atoms with Gasteiger partial charge in [0.25, 0.3) is 0 Å². The van der Waals surface area contributed by atoms with Crippen LogP contribution in [-0.2, 0) is 4.74 Å². The standard InChI is InChI=1S/C18H28FN3O3/c1-4-20-17(21-12-18(23)7-9-25-10-8-18)22-13(2)14-5-6-16(24-3)15(19)11-14/h5-6,11,13,23H,4,7-10,12H2,1-3H3,(H2,20,21,22). The average molecular weight is 353 g/mol. The smallest absolute Gasteiger partial charge is 0.191 e. The molecule has 1 saturated heterocycles. The van der Waals surface area contributed by atoms with Crippen LogP contribution in [0.3, 0.4) is 0 Å². The lowest BCUT2D eigenvalue weighted by Gasteiger charge is -2.30. The van der Waals surface area contributed by atoms with Crippen molar-refractivity contribution in [1.29, 1.82) is 0 Å². The molecule has 25 heavy (non-hydrogen) atoms. The number of halogens is 1. The number of rotatable bonds is 6. The highest BCUT2D eigenvalue weighted by Crippen LogP contribution is 2.22. The minimum atomic E-state index is -0.823. The predicted octanol–water partition coefficient (Wildman–Crippen LogP) is 1.99. The van der Waals surface area contributed by atoms with Crippen LogP contribution in [0.2, 0.25) is 0 Å². The lowest BCUT2D eigenvalue weighted by atomic mass is 9.95. The molecule has 0 amide bonds. The summed E-state index contributed by atoms with van der Waals surface area (Å²) in [6, 6.07) is 4.72. The lowest BCUT2D eigenvalue weighted by Crippen LogP contribution is -2.43. The Hall–Kier alpha value is -1.86. The third kappa shape index (κ3) is 5.57. The first-order valence-electron chi connectivity index (χ1n) is 8.66. The van der Waals surface area contributed by atoms with Crippen molar-refractivity contribution in [2.24, 2.45) is 4.99 Å². The van der Waals surface area contributed by atoms with Crippen LogP contribution in [-0.4, -0.2) is 50.1 Å². The zero-order valence-electron chi connectivity index (χ0n) is 15.1. The highest BCUT2D eigenvalue weighted by atomic mass is 19.1. The van der Waals surface area contributed by atoms with Crippen molar-refractivity contribution < 1.29 is 19.0 Å². The minimum Gasteiger partial charge on any atom is -0.494 e. The van der Waals surface area contributed by atoms with Gasteiger partial charge in [-0.1, -0.05) is 6.07 Å². The Morgan fingerprint density at radius 2 is 2.16 bits per heavy atom. The van der Waals surface area contributed by atoms with Gasteiger partial charge in [0.05, 0.1) is 25.3 Å². The molecule has 0 bridgehead atoms. The molecule has 0 radical (unpaired) electrons. The molecule has 140 valence electrons. The van der Waals surface area contributed by atoms with E-state index in [1.165, 1.54) is 13.2 Å². The third-order valence-electron chi connectivity index (χ3n) is 4.33. The normalized spacial score (nSPS) is 18.5. The van der Waals surface area contributed by atoms with E-state index in [0.29, 0.717) is 45.1 Å². The topological polar surface area (TPSA) is 75.1 Å². The molecule has 2 rings (SSSR count). The zero-order chi connectivity index (χ0) is 18.3. The van der Waals surface area contributed by atoms with Crippen molar-refractivity contribution in [1.82, 2.24) is 10.6 Å². The highest BCUT2D eigenvalue weighted by molar-refractivity contribution is 5.80. The number of nitrogens with one attached hydrogen (secondary N) is 2. The molecule has 1 aromatic carbocycles. The van der Waals surface area contributed by atoms with Crippen molar-refractivity contribution in [3.05, 3.63) is 29.6 Å². The Bertz CT molecular complexity index is 589. The first-order chi connectivity index (χ1) is 12.0. The van der Waals surface area contributed by atoms with E-state index in [2.05, 4.69) is 15.6 Å². The molecule has 1 fully saturated rings. The van der Waals surface area contributed by atoms with Gasteiger partial charge in [-0.2, -0.15) is 0 Å². The monoisotopic (exact) mass is 353 g/mol. The maximum absolute atomic E-state index is 13.9. The van der Waals surface area contributed by atoms with Gasteiger partial charge in [0.15, 0.2) is 17.5 Å². The second-order valence-corrected chi connectivity index (χ2v) is 6.29. The van der Waals surface area contributed by atoms with E-state index in [0.717, 1.165) is 5.56 Å². The molecule has 1 aromatic rings. The molecule has 1 aliphatic rings. The molecular formula is C18H28FN3O3. The number of methoxy groups -OCH3 is 1. The molecule has 0 aromatic heterocycles. The fourth-order valence-corrected chi connectivity index (χ4v) is 2.70. The van der Waals surface area contributed by atoms with Crippen LogP contribution in [0.5, 0.6) is 5.75 Å². The zero-order valence-corrected chi connectivity index (χ0v) is 15.1. The number of aliphatic hydroxyl groups is 1. The fourth-order valence-electron chi connectivity index (χ4n) is 2.70. The summed E-state index contributed by atoms with van der Waals surface area (Å²) in [5.41, 5.74) is -0.0375. The molecule has 7 heteroatoms. The van der Waals surface area contributed by atoms with E-state index in [-0.39, 0.29) is 11.8 Å². The summed E-state index contributed by atoms with van der Waals surface area (Å²) in [6.45, 7) is 6.00. The molecular weight excluding hydrogens is 325 g/mol. The number of hydrogen-bond donors (Lipinski definition) is 3. The van der Waals surface area contributed by atoms with Gasteiger partial charge in [0.1, 0.15) is 0 Å². The summed E-state index contributed by atoms with van der Waals surface area (Å²) in [5.74, 6) is 0.413. The molecule has 0 saturated carbocycles. The van der Waals surface area contributed by atoms with Gasteiger partial charge in [-0.05, 0) is 31.5 Å². The number of guanidine groups is 1. The fraction of sp³-hybridized carbons (Fsp3) is 0.611. The highest BCUT2D eigenvalue weighted by Gasteiger charge is 2.29. The third-order valence-corrected chi connectivity index (χ3v) is 4.33. The van der Waals surface area contributed by atoms with Gasteiger partial charge >= 0.3 is 0 Å². The molecule has 0 spiro atoms. The van der Waals surface area contributed by atoms with E-state index in [1.807, 2.05) is 19.9 Å². The van der Waals surface area contributed by atoms with Crippen LogP contribution in [0.15, 0.2) is 23.2 Å². The Labute approximate surface area is 148 Å². The van der Waals surface area contributed by atoms with Gasteiger partial charge in [-0.25, -0.2) is 4.39 Å². The Kier molecular flexibility index (Phi) is 7.01. The number of hydrogen-bond acceptors (Lipinski definition) is 4. The van der Waals surface area contributed by atoms with Crippen molar-refractivity contribution >= 4 is 5.96 Å². The summed E-state index contributed by atoms with van der Waals surface area (Å²) in [4.78, 5) is 4.50. The van der Waals surface area contributed by atoms with Crippen LogP contribution in [0.4, 0.5) is 4.39 Å². The molecule has 1 unspecified atom stereocenters. The predicted molar refractivity (Wildman–Crippen MR) is 95.5 cm³/mol. The van der Waals surface area contributed by atoms with Crippen molar-refractivity contribution in [2.75, 3.05) is 33.4 Å². The number of benzene rings is 1.